The Morgan fingerprint density at radius 1 is 1.35 bits per heavy atom. The zero-order valence-electron chi connectivity index (χ0n) is 12.0. The van der Waals surface area contributed by atoms with Gasteiger partial charge in [0.05, 0.1) is 0 Å². The summed E-state index contributed by atoms with van der Waals surface area (Å²) in [6.07, 6.45) is 0.255. The van der Waals surface area contributed by atoms with Gasteiger partial charge >= 0.3 is 0 Å². The van der Waals surface area contributed by atoms with E-state index in [1.807, 2.05) is 19.9 Å². The highest BCUT2D eigenvalue weighted by molar-refractivity contribution is 5.97. The highest BCUT2D eigenvalue weighted by Crippen LogP contribution is 2.17. The summed E-state index contributed by atoms with van der Waals surface area (Å²) in [6, 6.07) is 5.04. The number of halogens is 1. The number of hydrogen-bond donors (Lipinski definition) is 3. The lowest BCUT2D eigenvalue weighted by Gasteiger charge is -2.11. The van der Waals surface area contributed by atoms with E-state index < -0.39 is 0 Å². The molecular formula is C14H22ClN3O2. The van der Waals surface area contributed by atoms with Gasteiger partial charge in [0.2, 0.25) is 5.91 Å². The van der Waals surface area contributed by atoms with Crippen LogP contribution in [0.15, 0.2) is 18.2 Å². The summed E-state index contributed by atoms with van der Waals surface area (Å²) in [5.41, 5.74) is 7.66. The SMILES string of the molecule is CCNC(=O)c1ccc(C)c(NC(=O)CC(C)N)c1.Cl. The average Bonchev–Trinajstić information content (AvgIpc) is 2.31. The Morgan fingerprint density at radius 2 is 2.00 bits per heavy atom. The minimum Gasteiger partial charge on any atom is -0.352 e. The quantitative estimate of drug-likeness (QED) is 0.775. The second-order valence-corrected chi connectivity index (χ2v) is 4.62. The summed E-state index contributed by atoms with van der Waals surface area (Å²) in [7, 11) is 0. The topological polar surface area (TPSA) is 84.2 Å². The summed E-state index contributed by atoms with van der Waals surface area (Å²) >= 11 is 0. The number of aryl methyl sites for hydroxylation is 1. The number of nitrogens with one attached hydrogen (secondary N) is 2. The van der Waals surface area contributed by atoms with Crippen molar-refractivity contribution in [3.63, 3.8) is 0 Å². The molecule has 0 heterocycles. The van der Waals surface area contributed by atoms with Gasteiger partial charge in [-0.3, -0.25) is 9.59 Å². The van der Waals surface area contributed by atoms with Gasteiger partial charge in [0, 0.05) is 30.3 Å². The molecule has 0 aliphatic rings. The zero-order valence-corrected chi connectivity index (χ0v) is 12.8. The Kier molecular flexibility index (Phi) is 7.87. The van der Waals surface area contributed by atoms with E-state index in [0.29, 0.717) is 17.8 Å². The molecule has 112 valence electrons. The number of carbonyl (C=O) groups is 2. The van der Waals surface area contributed by atoms with Gasteiger partial charge in [0.25, 0.3) is 5.91 Å². The third kappa shape index (κ3) is 5.59. The molecule has 0 aromatic heterocycles. The predicted octanol–water partition coefficient (Wildman–Crippen LogP) is 1.84. The molecule has 20 heavy (non-hydrogen) atoms. The minimum atomic E-state index is -0.188. The molecule has 0 aliphatic heterocycles. The molecule has 1 aromatic rings. The van der Waals surface area contributed by atoms with Crippen LogP contribution in [0, 0.1) is 6.92 Å². The molecule has 0 fully saturated rings. The van der Waals surface area contributed by atoms with E-state index >= 15 is 0 Å². The fraction of sp³-hybridized carbons (Fsp3) is 0.429. The Bertz CT molecular complexity index is 475. The fourth-order valence-corrected chi connectivity index (χ4v) is 1.65. The maximum atomic E-state index is 11.7. The first kappa shape index (κ1) is 18.4. The smallest absolute Gasteiger partial charge is 0.251 e. The Hall–Kier alpha value is -1.59. The van der Waals surface area contributed by atoms with Gasteiger partial charge in [-0.2, -0.15) is 0 Å². The first-order valence-electron chi connectivity index (χ1n) is 6.38. The van der Waals surface area contributed by atoms with Crippen LogP contribution in [0.3, 0.4) is 0 Å². The fourth-order valence-electron chi connectivity index (χ4n) is 1.65. The standard InChI is InChI=1S/C14H21N3O2.ClH/c1-4-16-14(19)11-6-5-9(2)12(8-11)17-13(18)7-10(3)15;/h5-6,8,10H,4,7,15H2,1-3H3,(H,16,19)(H,17,18);1H. The first-order valence-corrected chi connectivity index (χ1v) is 6.38. The van der Waals surface area contributed by atoms with Gasteiger partial charge in [-0.15, -0.1) is 12.4 Å². The Labute approximate surface area is 125 Å². The van der Waals surface area contributed by atoms with Crippen molar-refractivity contribution in [3.8, 4) is 0 Å². The summed E-state index contributed by atoms with van der Waals surface area (Å²) in [4.78, 5) is 23.4. The van der Waals surface area contributed by atoms with Crippen molar-refractivity contribution >= 4 is 29.9 Å². The highest BCUT2D eigenvalue weighted by atomic mass is 35.5. The van der Waals surface area contributed by atoms with Crippen molar-refractivity contribution in [1.29, 1.82) is 0 Å². The van der Waals surface area contributed by atoms with Crippen LogP contribution >= 0.6 is 12.4 Å². The van der Waals surface area contributed by atoms with Crippen LogP contribution in [0.1, 0.15) is 36.2 Å². The molecule has 1 aromatic carbocycles. The van der Waals surface area contributed by atoms with Gasteiger partial charge in [0.15, 0.2) is 0 Å². The maximum Gasteiger partial charge on any atom is 0.251 e. The maximum absolute atomic E-state index is 11.7. The van der Waals surface area contributed by atoms with Gasteiger partial charge < -0.3 is 16.4 Å². The number of benzene rings is 1. The summed E-state index contributed by atoms with van der Waals surface area (Å²) in [6.45, 7) is 6.08. The second kappa shape index (κ2) is 8.55. The summed E-state index contributed by atoms with van der Waals surface area (Å²) in [5, 5.41) is 5.50. The highest BCUT2D eigenvalue weighted by Gasteiger charge is 2.10. The number of nitrogens with two attached hydrogens (primary N) is 1. The summed E-state index contributed by atoms with van der Waals surface area (Å²) < 4.78 is 0. The molecule has 5 nitrogen and oxygen atoms in total. The largest absolute Gasteiger partial charge is 0.352 e. The molecule has 0 spiro atoms. The molecule has 0 saturated carbocycles. The zero-order chi connectivity index (χ0) is 14.4. The van der Waals surface area contributed by atoms with Crippen LogP contribution in [0.5, 0.6) is 0 Å². The van der Waals surface area contributed by atoms with Crippen molar-refractivity contribution in [1.82, 2.24) is 5.32 Å². The monoisotopic (exact) mass is 299 g/mol. The number of amides is 2. The average molecular weight is 300 g/mol. The number of carbonyl (C=O) groups excluding carboxylic acids is 2. The predicted molar refractivity (Wildman–Crippen MR) is 83.3 cm³/mol. The van der Waals surface area contributed by atoms with E-state index in [2.05, 4.69) is 10.6 Å². The Morgan fingerprint density at radius 3 is 2.55 bits per heavy atom. The third-order valence-corrected chi connectivity index (χ3v) is 2.62. The van der Waals surface area contributed by atoms with Crippen LogP contribution in [-0.4, -0.2) is 24.4 Å². The number of hydrogen-bond acceptors (Lipinski definition) is 3. The van der Waals surface area contributed by atoms with Crippen LogP contribution in [0.25, 0.3) is 0 Å². The molecular weight excluding hydrogens is 278 g/mol. The minimum absolute atomic E-state index is 0. The van der Waals surface area contributed by atoms with Crippen LogP contribution in [0.4, 0.5) is 5.69 Å². The molecule has 0 saturated heterocycles. The normalized spacial score (nSPS) is 11.2. The van der Waals surface area contributed by atoms with E-state index in [1.165, 1.54) is 0 Å². The summed E-state index contributed by atoms with van der Waals surface area (Å²) in [5.74, 6) is -0.295. The lowest BCUT2D eigenvalue weighted by Crippen LogP contribution is -2.25. The second-order valence-electron chi connectivity index (χ2n) is 4.62. The molecule has 6 heteroatoms. The molecule has 1 unspecified atom stereocenters. The van der Waals surface area contributed by atoms with E-state index in [-0.39, 0.29) is 36.7 Å². The van der Waals surface area contributed by atoms with Gasteiger partial charge in [-0.05, 0) is 38.5 Å². The van der Waals surface area contributed by atoms with E-state index in [9.17, 15) is 9.59 Å². The molecule has 2 amide bonds. The lowest BCUT2D eigenvalue weighted by atomic mass is 10.1. The molecule has 0 bridgehead atoms. The van der Waals surface area contributed by atoms with E-state index in [1.54, 1.807) is 19.1 Å². The molecule has 1 atom stereocenters. The van der Waals surface area contributed by atoms with Crippen LogP contribution in [0.2, 0.25) is 0 Å². The number of anilines is 1. The van der Waals surface area contributed by atoms with E-state index in [4.69, 9.17) is 5.73 Å². The van der Waals surface area contributed by atoms with Crippen molar-refractivity contribution < 1.29 is 9.59 Å². The van der Waals surface area contributed by atoms with Gasteiger partial charge in [-0.1, -0.05) is 6.07 Å². The van der Waals surface area contributed by atoms with Crippen molar-refractivity contribution in [2.24, 2.45) is 5.73 Å². The molecule has 4 N–H and O–H groups in total. The molecule has 0 radical (unpaired) electrons. The molecule has 0 aliphatic carbocycles. The van der Waals surface area contributed by atoms with Crippen LogP contribution in [-0.2, 0) is 4.79 Å². The van der Waals surface area contributed by atoms with Crippen molar-refractivity contribution in [3.05, 3.63) is 29.3 Å². The van der Waals surface area contributed by atoms with Crippen molar-refractivity contribution in [2.75, 3.05) is 11.9 Å². The van der Waals surface area contributed by atoms with Gasteiger partial charge in [-0.25, -0.2) is 0 Å². The van der Waals surface area contributed by atoms with E-state index in [0.717, 1.165) is 5.56 Å². The van der Waals surface area contributed by atoms with Gasteiger partial charge in [0.1, 0.15) is 0 Å². The molecule has 1 rings (SSSR count). The van der Waals surface area contributed by atoms with Crippen LogP contribution < -0.4 is 16.4 Å². The third-order valence-electron chi connectivity index (χ3n) is 2.62. The first-order chi connectivity index (χ1) is 8.93. The van der Waals surface area contributed by atoms with Crippen molar-refractivity contribution in [2.45, 2.75) is 33.2 Å². The Balaban J connectivity index is 0.00000361. The number of rotatable bonds is 5. The lowest BCUT2D eigenvalue weighted by molar-refractivity contribution is -0.116.